The first kappa shape index (κ1) is 18.5. The predicted molar refractivity (Wildman–Crippen MR) is 107 cm³/mol. The monoisotopic (exact) mass is 370 g/mol. The van der Waals surface area contributed by atoms with Gasteiger partial charge in [0.2, 0.25) is 5.91 Å². The van der Waals surface area contributed by atoms with E-state index in [1.54, 1.807) is 11.3 Å². The number of hydrogen-bond donors (Lipinski definition) is 2. The summed E-state index contributed by atoms with van der Waals surface area (Å²) < 4.78 is 0. The average molecular weight is 371 g/mol. The van der Waals surface area contributed by atoms with Crippen LogP contribution in [0, 0.1) is 6.92 Å². The number of aliphatic imine (C=N–C) groups is 1. The summed E-state index contributed by atoms with van der Waals surface area (Å²) >= 11 is 1.79. The van der Waals surface area contributed by atoms with Crippen LogP contribution in [0.2, 0.25) is 0 Å². The Labute approximate surface area is 159 Å². The standard InChI is InChI=1S/C20H26N4OS/c1-3-21-20(22-12-16-7-5-4-6-15(16)2)23-13-19(25)24-10-8-18-17(14-24)9-11-26-18/h4-7,9,11H,3,8,10,12-14H2,1-2H3,(H2,21,22,23). The van der Waals surface area contributed by atoms with Gasteiger partial charge in [0.15, 0.2) is 5.96 Å². The molecule has 1 aliphatic heterocycles. The summed E-state index contributed by atoms with van der Waals surface area (Å²) in [5.41, 5.74) is 3.70. The lowest BCUT2D eigenvalue weighted by molar-refractivity contribution is -0.130. The number of rotatable bonds is 5. The van der Waals surface area contributed by atoms with Crippen LogP contribution in [-0.2, 0) is 24.3 Å². The molecule has 2 aromatic rings. The van der Waals surface area contributed by atoms with Crippen molar-refractivity contribution in [3.05, 3.63) is 57.3 Å². The number of nitrogens with one attached hydrogen (secondary N) is 2. The highest BCUT2D eigenvalue weighted by Crippen LogP contribution is 2.23. The number of fused-ring (bicyclic) bond motifs is 1. The van der Waals surface area contributed by atoms with E-state index < -0.39 is 0 Å². The molecule has 0 saturated heterocycles. The average Bonchev–Trinajstić information content (AvgIpc) is 3.12. The van der Waals surface area contributed by atoms with Gasteiger partial charge in [-0.05, 0) is 48.4 Å². The Morgan fingerprint density at radius 1 is 1.27 bits per heavy atom. The maximum Gasteiger partial charge on any atom is 0.242 e. The molecule has 1 aromatic carbocycles. The van der Waals surface area contributed by atoms with Gasteiger partial charge < -0.3 is 15.5 Å². The SMILES string of the molecule is CCNC(=NCc1ccccc1C)NCC(=O)N1CCc2sccc2C1. The lowest BCUT2D eigenvalue weighted by atomic mass is 10.1. The van der Waals surface area contributed by atoms with Gasteiger partial charge in [0.1, 0.15) is 0 Å². The summed E-state index contributed by atoms with van der Waals surface area (Å²) in [5, 5.41) is 8.50. The number of amides is 1. The first-order valence-electron chi connectivity index (χ1n) is 9.07. The van der Waals surface area contributed by atoms with Crippen LogP contribution in [0.3, 0.4) is 0 Å². The van der Waals surface area contributed by atoms with Crippen molar-refractivity contribution >= 4 is 23.2 Å². The summed E-state index contributed by atoms with van der Waals surface area (Å²) in [6.45, 7) is 7.24. The van der Waals surface area contributed by atoms with Crippen LogP contribution in [0.5, 0.6) is 0 Å². The second kappa shape index (κ2) is 8.85. The van der Waals surface area contributed by atoms with Crippen molar-refractivity contribution in [3.63, 3.8) is 0 Å². The van der Waals surface area contributed by atoms with Gasteiger partial charge in [-0.15, -0.1) is 11.3 Å². The highest BCUT2D eigenvalue weighted by molar-refractivity contribution is 7.10. The number of guanidine groups is 1. The van der Waals surface area contributed by atoms with Gasteiger partial charge in [-0.3, -0.25) is 4.79 Å². The molecule has 138 valence electrons. The van der Waals surface area contributed by atoms with E-state index in [1.165, 1.54) is 21.6 Å². The third-order valence-electron chi connectivity index (χ3n) is 4.58. The normalized spacial score (nSPS) is 14.1. The summed E-state index contributed by atoms with van der Waals surface area (Å²) in [5.74, 6) is 0.792. The van der Waals surface area contributed by atoms with Gasteiger partial charge in [0.05, 0.1) is 13.1 Å². The van der Waals surface area contributed by atoms with Gasteiger partial charge >= 0.3 is 0 Å². The van der Waals surface area contributed by atoms with Crippen molar-refractivity contribution in [2.45, 2.75) is 33.4 Å². The Hall–Kier alpha value is -2.34. The van der Waals surface area contributed by atoms with E-state index in [1.807, 2.05) is 24.0 Å². The molecular weight excluding hydrogens is 344 g/mol. The fraction of sp³-hybridized carbons (Fsp3) is 0.400. The molecular formula is C20H26N4OS. The number of carbonyl (C=O) groups excluding carboxylic acids is 1. The molecule has 0 spiro atoms. The molecule has 0 atom stereocenters. The third-order valence-corrected chi connectivity index (χ3v) is 5.60. The molecule has 0 aliphatic carbocycles. The Balaban J connectivity index is 1.56. The molecule has 1 aliphatic rings. The number of thiophene rings is 1. The van der Waals surface area contributed by atoms with E-state index in [-0.39, 0.29) is 12.5 Å². The van der Waals surface area contributed by atoms with Crippen LogP contribution < -0.4 is 10.6 Å². The van der Waals surface area contributed by atoms with E-state index in [0.29, 0.717) is 12.5 Å². The van der Waals surface area contributed by atoms with E-state index in [2.05, 4.69) is 46.1 Å². The van der Waals surface area contributed by atoms with Crippen LogP contribution in [0.1, 0.15) is 28.5 Å². The van der Waals surface area contributed by atoms with Gasteiger partial charge in [-0.25, -0.2) is 4.99 Å². The van der Waals surface area contributed by atoms with E-state index in [0.717, 1.165) is 26.1 Å². The fourth-order valence-corrected chi connectivity index (χ4v) is 3.92. The summed E-state index contributed by atoms with van der Waals surface area (Å²) in [6, 6.07) is 10.4. The van der Waals surface area contributed by atoms with Crippen LogP contribution >= 0.6 is 11.3 Å². The minimum Gasteiger partial charge on any atom is -0.357 e. The molecule has 2 heterocycles. The molecule has 0 bridgehead atoms. The Morgan fingerprint density at radius 3 is 2.92 bits per heavy atom. The minimum atomic E-state index is 0.114. The molecule has 1 amide bonds. The fourth-order valence-electron chi connectivity index (χ4n) is 3.03. The molecule has 1 aromatic heterocycles. The highest BCUT2D eigenvalue weighted by atomic mass is 32.1. The number of aryl methyl sites for hydroxylation is 1. The van der Waals surface area contributed by atoms with Crippen molar-refractivity contribution in [1.29, 1.82) is 0 Å². The predicted octanol–water partition coefficient (Wildman–Crippen LogP) is 2.70. The largest absolute Gasteiger partial charge is 0.357 e. The zero-order valence-corrected chi connectivity index (χ0v) is 16.2. The second-order valence-electron chi connectivity index (χ2n) is 6.41. The quantitative estimate of drug-likeness (QED) is 0.628. The van der Waals surface area contributed by atoms with Crippen molar-refractivity contribution < 1.29 is 4.79 Å². The van der Waals surface area contributed by atoms with Crippen molar-refractivity contribution in [3.8, 4) is 0 Å². The number of hydrogen-bond acceptors (Lipinski definition) is 3. The molecule has 6 heteroatoms. The van der Waals surface area contributed by atoms with Crippen LogP contribution in [0.4, 0.5) is 0 Å². The lowest BCUT2D eigenvalue weighted by Crippen LogP contribution is -2.45. The molecule has 3 rings (SSSR count). The van der Waals surface area contributed by atoms with Crippen molar-refractivity contribution in [1.82, 2.24) is 15.5 Å². The second-order valence-corrected chi connectivity index (χ2v) is 7.41. The molecule has 0 saturated carbocycles. The topological polar surface area (TPSA) is 56.7 Å². The van der Waals surface area contributed by atoms with Crippen LogP contribution in [-0.4, -0.2) is 36.4 Å². The number of carbonyl (C=O) groups is 1. The molecule has 0 unspecified atom stereocenters. The van der Waals surface area contributed by atoms with Gasteiger partial charge in [-0.1, -0.05) is 24.3 Å². The number of benzene rings is 1. The van der Waals surface area contributed by atoms with E-state index >= 15 is 0 Å². The maximum absolute atomic E-state index is 12.6. The minimum absolute atomic E-state index is 0.114. The Morgan fingerprint density at radius 2 is 2.12 bits per heavy atom. The van der Waals surface area contributed by atoms with E-state index in [4.69, 9.17) is 0 Å². The Kier molecular flexibility index (Phi) is 6.28. The lowest BCUT2D eigenvalue weighted by Gasteiger charge is -2.27. The zero-order valence-electron chi connectivity index (χ0n) is 15.4. The number of nitrogens with zero attached hydrogens (tertiary/aromatic N) is 2. The van der Waals surface area contributed by atoms with Crippen molar-refractivity contribution in [2.75, 3.05) is 19.6 Å². The summed E-state index contributed by atoms with van der Waals surface area (Å²) in [7, 11) is 0. The molecule has 5 nitrogen and oxygen atoms in total. The third kappa shape index (κ3) is 4.64. The van der Waals surface area contributed by atoms with Crippen LogP contribution in [0.15, 0.2) is 40.7 Å². The molecule has 26 heavy (non-hydrogen) atoms. The Bertz CT molecular complexity index is 784. The summed E-state index contributed by atoms with van der Waals surface area (Å²) in [6.07, 6.45) is 0.959. The van der Waals surface area contributed by atoms with Gasteiger partial charge in [-0.2, -0.15) is 0 Å². The van der Waals surface area contributed by atoms with E-state index in [9.17, 15) is 4.79 Å². The van der Waals surface area contributed by atoms with Gasteiger partial charge in [0.25, 0.3) is 0 Å². The highest BCUT2D eigenvalue weighted by Gasteiger charge is 2.21. The molecule has 2 N–H and O–H groups in total. The van der Waals surface area contributed by atoms with Gasteiger partial charge in [0, 0.05) is 24.5 Å². The maximum atomic E-state index is 12.6. The first-order chi connectivity index (χ1) is 12.7. The molecule has 0 radical (unpaired) electrons. The zero-order chi connectivity index (χ0) is 18.4. The van der Waals surface area contributed by atoms with Crippen molar-refractivity contribution in [2.24, 2.45) is 4.99 Å². The smallest absolute Gasteiger partial charge is 0.242 e. The first-order valence-corrected chi connectivity index (χ1v) is 9.95. The molecule has 0 fully saturated rings. The van der Waals surface area contributed by atoms with Crippen LogP contribution in [0.25, 0.3) is 0 Å². The summed E-state index contributed by atoms with van der Waals surface area (Å²) in [4.78, 5) is 20.5.